The van der Waals surface area contributed by atoms with Gasteiger partial charge in [-0.25, -0.2) is 4.79 Å². The molecular weight excluding hydrogens is 367 g/mol. The second-order valence-electron chi connectivity index (χ2n) is 5.58. The summed E-state index contributed by atoms with van der Waals surface area (Å²) in [5, 5.41) is 19.2. The van der Waals surface area contributed by atoms with Crippen molar-refractivity contribution in [1.82, 2.24) is 4.90 Å². The van der Waals surface area contributed by atoms with E-state index in [-0.39, 0.29) is 12.0 Å². The van der Waals surface area contributed by atoms with Crippen LogP contribution in [-0.2, 0) is 16.5 Å². The molecule has 1 aliphatic rings. The van der Waals surface area contributed by atoms with Crippen molar-refractivity contribution in [1.29, 1.82) is 0 Å². The number of amides is 1. The van der Waals surface area contributed by atoms with Crippen molar-refractivity contribution in [2.24, 2.45) is 0 Å². The molecule has 0 saturated carbocycles. The lowest BCUT2D eigenvalue weighted by atomic mass is 9.95. The predicted octanol–water partition coefficient (Wildman–Crippen LogP) is 2.70. The summed E-state index contributed by atoms with van der Waals surface area (Å²) < 4.78 is 63.3. The third-order valence-electron chi connectivity index (χ3n) is 3.89. The van der Waals surface area contributed by atoms with Crippen LogP contribution < -0.4 is 4.18 Å². The maximum Gasteiger partial charge on any atom is 0.534 e. The average molecular weight is 383 g/mol. The van der Waals surface area contributed by atoms with Gasteiger partial charge >= 0.3 is 21.7 Å². The molecule has 2 N–H and O–H groups in total. The maximum absolute atomic E-state index is 12.4. The molecule has 11 heteroatoms. The van der Waals surface area contributed by atoms with Crippen LogP contribution in [-0.4, -0.2) is 47.7 Å². The SMILES string of the molecule is O=C(O)N1CCCC[C@H]1Cc1cccc(OS(=O)(=O)C(F)(F)F)c1O. The van der Waals surface area contributed by atoms with Crippen molar-refractivity contribution in [3.8, 4) is 11.5 Å². The molecule has 1 amide bonds. The first-order valence-corrected chi connectivity index (χ1v) is 8.75. The zero-order valence-corrected chi connectivity index (χ0v) is 13.7. The van der Waals surface area contributed by atoms with E-state index in [9.17, 15) is 36.6 Å². The number of phenols is 1. The molecule has 1 heterocycles. The highest BCUT2D eigenvalue weighted by molar-refractivity contribution is 7.88. The molecule has 0 aromatic heterocycles. The number of nitrogens with zero attached hydrogens (tertiary/aromatic N) is 1. The van der Waals surface area contributed by atoms with E-state index in [1.807, 2.05) is 0 Å². The van der Waals surface area contributed by atoms with Gasteiger partial charge < -0.3 is 19.3 Å². The number of piperidine rings is 1. The van der Waals surface area contributed by atoms with Crippen LogP contribution in [0.4, 0.5) is 18.0 Å². The van der Waals surface area contributed by atoms with E-state index in [2.05, 4.69) is 4.18 Å². The fourth-order valence-electron chi connectivity index (χ4n) is 2.68. The van der Waals surface area contributed by atoms with Crippen molar-refractivity contribution in [2.75, 3.05) is 6.54 Å². The van der Waals surface area contributed by atoms with Crippen molar-refractivity contribution in [3.05, 3.63) is 23.8 Å². The number of phenolic OH excluding ortho intramolecular Hbond substituents is 1. The molecule has 0 bridgehead atoms. The van der Waals surface area contributed by atoms with Gasteiger partial charge in [0.1, 0.15) is 0 Å². The molecule has 7 nitrogen and oxygen atoms in total. The number of hydrogen-bond donors (Lipinski definition) is 2. The van der Waals surface area contributed by atoms with Gasteiger partial charge in [0, 0.05) is 12.6 Å². The highest BCUT2D eigenvalue weighted by atomic mass is 32.2. The number of carboxylic acid groups (broad SMARTS) is 1. The first kappa shape index (κ1) is 19.2. The number of para-hydroxylation sites is 1. The second-order valence-corrected chi connectivity index (χ2v) is 7.11. The van der Waals surface area contributed by atoms with Crippen molar-refractivity contribution >= 4 is 16.2 Å². The van der Waals surface area contributed by atoms with Crippen molar-refractivity contribution in [3.63, 3.8) is 0 Å². The molecule has 25 heavy (non-hydrogen) atoms. The van der Waals surface area contributed by atoms with Crippen LogP contribution in [0.15, 0.2) is 18.2 Å². The molecule has 0 radical (unpaired) electrons. The van der Waals surface area contributed by atoms with Crippen molar-refractivity contribution < 1.29 is 40.8 Å². The molecule has 0 aliphatic carbocycles. The van der Waals surface area contributed by atoms with Gasteiger partial charge in [0.25, 0.3) is 0 Å². The highest BCUT2D eigenvalue weighted by Gasteiger charge is 2.49. The molecule has 1 atom stereocenters. The fourth-order valence-corrected chi connectivity index (χ4v) is 3.15. The standard InChI is InChI=1S/C14H16F3NO6S/c15-14(16,17)25(22,23)24-11-6-3-4-9(12(11)19)8-10-5-1-2-7-18(10)13(20)21/h3-4,6,10,19H,1-2,5,7-8H2,(H,20,21)/t10-/m0/s1. The zero-order chi connectivity index (χ0) is 18.8. The average Bonchev–Trinajstić information content (AvgIpc) is 2.50. The van der Waals surface area contributed by atoms with E-state index in [0.717, 1.165) is 12.5 Å². The fraction of sp³-hybridized carbons (Fsp3) is 0.500. The number of benzene rings is 1. The molecular formula is C14H16F3NO6S. The van der Waals surface area contributed by atoms with E-state index < -0.39 is 39.3 Å². The summed E-state index contributed by atoms with van der Waals surface area (Å²) in [6.07, 6.45) is 0.894. The van der Waals surface area contributed by atoms with Crippen LogP contribution in [0.25, 0.3) is 0 Å². The predicted molar refractivity (Wildman–Crippen MR) is 79.8 cm³/mol. The molecule has 1 saturated heterocycles. The molecule has 0 spiro atoms. The lowest BCUT2D eigenvalue weighted by Gasteiger charge is -2.33. The number of aromatic hydroxyl groups is 1. The summed E-state index contributed by atoms with van der Waals surface area (Å²) in [5.41, 5.74) is -5.52. The van der Waals surface area contributed by atoms with Crippen LogP contribution in [0.1, 0.15) is 24.8 Å². The maximum atomic E-state index is 12.4. The Morgan fingerprint density at radius 2 is 2.00 bits per heavy atom. The van der Waals surface area contributed by atoms with Gasteiger partial charge in [-0.15, -0.1) is 0 Å². The van der Waals surface area contributed by atoms with E-state index in [1.165, 1.54) is 17.0 Å². The Bertz CT molecular complexity index is 749. The normalized spacial score (nSPS) is 18.8. The minimum absolute atomic E-state index is 0.0292. The van der Waals surface area contributed by atoms with Crippen LogP contribution in [0, 0.1) is 0 Å². The van der Waals surface area contributed by atoms with Gasteiger partial charge in [0.05, 0.1) is 0 Å². The van der Waals surface area contributed by atoms with Gasteiger partial charge in [-0.1, -0.05) is 12.1 Å². The lowest BCUT2D eigenvalue weighted by molar-refractivity contribution is -0.0500. The van der Waals surface area contributed by atoms with Gasteiger partial charge in [-0.2, -0.15) is 21.6 Å². The van der Waals surface area contributed by atoms with Gasteiger partial charge in [0.2, 0.25) is 0 Å². The summed E-state index contributed by atoms with van der Waals surface area (Å²) in [6.45, 7) is 0.319. The Balaban J connectivity index is 2.25. The Labute approximate surface area is 141 Å². The highest BCUT2D eigenvalue weighted by Crippen LogP contribution is 2.36. The van der Waals surface area contributed by atoms with Crippen molar-refractivity contribution in [2.45, 2.75) is 37.2 Å². The van der Waals surface area contributed by atoms with Gasteiger partial charge in [0.15, 0.2) is 11.5 Å². The first-order valence-electron chi connectivity index (χ1n) is 7.34. The summed E-state index contributed by atoms with van der Waals surface area (Å²) in [7, 11) is -5.91. The minimum Gasteiger partial charge on any atom is -0.504 e. The lowest BCUT2D eigenvalue weighted by Crippen LogP contribution is -2.44. The molecule has 0 unspecified atom stereocenters. The quantitative estimate of drug-likeness (QED) is 0.612. The van der Waals surface area contributed by atoms with E-state index in [0.29, 0.717) is 19.4 Å². The summed E-state index contributed by atoms with van der Waals surface area (Å²) in [4.78, 5) is 12.4. The van der Waals surface area contributed by atoms with Crippen LogP contribution in [0.3, 0.4) is 0 Å². The summed E-state index contributed by atoms with van der Waals surface area (Å²) in [5.74, 6) is -1.61. The molecule has 1 aromatic carbocycles. The third-order valence-corrected chi connectivity index (χ3v) is 4.86. The summed E-state index contributed by atoms with van der Waals surface area (Å²) >= 11 is 0. The smallest absolute Gasteiger partial charge is 0.504 e. The Kier molecular flexibility index (Phi) is 5.35. The zero-order valence-electron chi connectivity index (χ0n) is 12.9. The molecule has 1 fully saturated rings. The number of alkyl halides is 3. The van der Waals surface area contributed by atoms with Crippen LogP contribution in [0.5, 0.6) is 11.5 Å². The molecule has 1 aliphatic heterocycles. The minimum atomic E-state index is -5.91. The Morgan fingerprint density at radius 1 is 1.32 bits per heavy atom. The van der Waals surface area contributed by atoms with Gasteiger partial charge in [-0.05, 0) is 37.3 Å². The molecule has 2 rings (SSSR count). The summed E-state index contributed by atoms with van der Waals surface area (Å²) in [6, 6.07) is 3.02. The van der Waals surface area contributed by atoms with E-state index >= 15 is 0 Å². The van der Waals surface area contributed by atoms with Crippen LogP contribution >= 0.6 is 0 Å². The Hall–Kier alpha value is -2.17. The topological polar surface area (TPSA) is 104 Å². The molecule has 140 valence electrons. The Morgan fingerprint density at radius 3 is 2.60 bits per heavy atom. The number of carbonyl (C=O) groups is 1. The van der Waals surface area contributed by atoms with E-state index in [4.69, 9.17) is 0 Å². The van der Waals surface area contributed by atoms with E-state index in [1.54, 1.807) is 0 Å². The number of hydrogen-bond acceptors (Lipinski definition) is 5. The number of halogens is 3. The monoisotopic (exact) mass is 383 g/mol. The number of likely N-dealkylation sites (tertiary alicyclic amines) is 1. The van der Waals surface area contributed by atoms with Crippen LogP contribution in [0.2, 0.25) is 0 Å². The largest absolute Gasteiger partial charge is 0.534 e. The second kappa shape index (κ2) is 6.98. The number of rotatable bonds is 4. The first-order chi connectivity index (χ1) is 11.5. The molecule has 1 aromatic rings. The third kappa shape index (κ3) is 4.27. The van der Waals surface area contributed by atoms with Gasteiger partial charge in [-0.3, -0.25) is 0 Å².